The van der Waals surface area contributed by atoms with Crippen LogP contribution in [0.4, 0.5) is 0 Å². The standard InChI is InChI=1S/C23H42N2O4S/c1-4-13-24(20-16-21(29-6-3)23(20)11-8-7-9-12-23)17-22(26)25(14-5-2)19-10-15-30(27,28)18-19/h19-21H,4-18H2,1-3H3. The minimum atomic E-state index is -3.00. The van der Waals surface area contributed by atoms with E-state index in [9.17, 15) is 13.2 Å². The highest BCUT2D eigenvalue weighted by molar-refractivity contribution is 7.91. The maximum Gasteiger partial charge on any atom is 0.237 e. The van der Waals surface area contributed by atoms with Gasteiger partial charge in [0.15, 0.2) is 9.84 Å². The first-order chi connectivity index (χ1) is 14.4. The van der Waals surface area contributed by atoms with E-state index in [1.807, 2.05) is 4.90 Å². The molecule has 3 aliphatic rings. The number of hydrogen-bond acceptors (Lipinski definition) is 5. The van der Waals surface area contributed by atoms with Crippen molar-refractivity contribution in [2.45, 2.75) is 96.7 Å². The second-order valence-corrected chi connectivity index (χ2v) is 11.8. The third kappa shape index (κ3) is 5.04. The van der Waals surface area contributed by atoms with E-state index in [-0.39, 0.29) is 28.9 Å². The molecule has 2 saturated carbocycles. The monoisotopic (exact) mass is 442 g/mol. The lowest BCUT2D eigenvalue weighted by Crippen LogP contribution is -2.66. The second kappa shape index (κ2) is 10.3. The van der Waals surface area contributed by atoms with E-state index in [1.165, 1.54) is 32.1 Å². The van der Waals surface area contributed by atoms with Crippen LogP contribution in [0, 0.1) is 5.41 Å². The third-order valence-electron chi connectivity index (χ3n) is 7.62. The minimum Gasteiger partial charge on any atom is -0.378 e. The Morgan fingerprint density at radius 3 is 2.33 bits per heavy atom. The van der Waals surface area contributed by atoms with Gasteiger partial charge in [-0.2, -0.15) is 0 Å². The summed E-state index contributed by atoms with van der Waals surface area (Å²) < 4.78 is 30.1. The van der Waals surface area contributed by atoms with Crippen LogP contribution >= 0.6 is 0 Å². The molecule has 0 aromatic heterocycles. The quantitative estimate of drug-likeness (QED) is 0.520. The van der Waals surface area contributed by atoms with Crippen LogP contribution in [0.1, 0.15) is 78.6 Å². The summed E-state index contributed by atoms with van der Waals surface area (Å²) in [5, 5.41) is 0. The van der Waals surface area contributed by atoms with Gasteiger partial charge in [0.1, 0.15) is 0 Å². The number of hydrogen-bond donors (Lipinski definition) is 0. The molecule has 0 bridgehead atoms. The highest BCUT2D eigenvalue weighted by atomic mass is 32.2. The Morgan fingerprint density at radius 2 is 1.77 bits per heavy atom. The largest absolute Gasteiger partial charge is 0.378 e. The Labute approximate surface area is 183 Å². The van der Waals surface area contributed by atoms with Gasteiger partial charge in [-0.1, -0.05) is 33.1 Å². The Hall–Kier alpha value is -0.660. The van der Waals surface area contributed by atoms with Gasteiger partial charge in [0.2, 0.25) is 5.91 Å². The van der Waals surface area contributed by atoms with Crippen LogP contribution in [0.2, 0.25) is 0 Å². The van der Waals surface area contributed by atoms with Crippen molar-refractivity contribution in [3.8, 4) is 0 Å². The van der Waals surface area contributed by atoms with E-state index in [1.54, 1.807) is 0 Å². The fraction of sp³-hybridized carbons (Fsp3) is 0.957. The Morgan fingerprint density at radius 1 is 1.07 bits per heavy atom. The highest BCUT2D eigenvalue weighted by Crippen LogP contribution is 2.55. The molecule has 174 valence electrons. The lowest BCUT2D eigenvalue weighted by molar-refractivity contribution is -0.185. The summed E-state index contributed by atoms with van der Waals surface area (Å²) in [5.74, 6) is 0.455. The molecule has 7 heteroatoms. The van der Waals surface area contributed by atoms with Crippen molar-refractivity contribution in [1.82, 2.24) is 9.80 Å². The molecule has 0 aromatic carbocycles. The van der Waals surface area contributed by atoms with Crippen molar-refractivity contribution in [2.24, 2.45) is 5.41 Å². The topological polar surface area (TPSA) is 66.9 Å². The number of carbonyl (C=O) groups excluding carboxylic acids is 1. The predicted octanol–water partition coefficient (Wildman–Crippen LogP) is 3.25. The van der Waals surface area contributed by atoms with Gasteiger partial charge in [0, 0.05) is 30.7 Å². The van der Waals surface area contributed by atoms with Gasteiger partial charge >= 0.3 is 0 Å². The molecule has 3 unspecified atom stereocenters. The lowest BCUT2D eigenvalue weighted by atomic mass is 9.54. The number of carbonyl (C=O) groups is 1. The fourth-order valence-electron chi connectivity index (χ4n) is 6.21. The number of rotatable bonds is 10. The van der Waals surface area contributed by atoms with E-state index in [4.69, 9.17) is 4.74 Å². The molecule has 1 aliphatic heterocycles. The van der Waals surface area contributed by atoms with Crippen LogP contribution < -0.4 is 0 Å². The van der Waals surface area contributed by atoms with Crippen molar-refractivity contribution in [3.63, 3.8) is 0 Å². The molecule has 3 rings (SSSR count). The molecule has 1 spiro atoms. The first kappa shape index (κ1) is 24.0. The molecule has 1 amide bonds. The first-order valence-electron chi connectivity index (χ1n) is 12.2. The zero-order chi connectivity index (χ0) is 21.8. The fourth-order valence-corrected chi connectivity index (χ4v) is 7.94. The number of amides is 1. The third-order valence-corrected chi connectivity index (χ3v) is 9.37. The van der Waals surface area contributed by atoms with Gasteiger partial charge in [-0.15, -0.1) is 0 Å². The van der Waals surface area contributed by atoms with Crippen LogP contribution in [0.15, 0.2) is 0 Å². The van der Waals surface area contributed by atoms with E-state index in [2.05, 4.69) is 25.7 Å². The Kier molecular flexibility index (Phi) is 8.24. The molecular weight excluding hydrogens is 400 g/mol. The van der Waals surface area contributed by atoms with E-state index >= 15 is 0 Å². The van der Waals surface area contributed by atoms with E-state index in [0.717, 1.165) is 32.4 Å². The molecular formula is C23H42N2O4S. The SMILES string of the molecule is CCCN(CC(=O)N(CCC)C1CCS(=O)(=O)C1)C1CC(OCC)C12CCCCC2. The number of nitrogens with zero attached hydrogens (tertiary/aromatic N) is 2. The van der Waals surface area contributed by atoms with Gasteiger partial charge in [0.25, 0.3) is 0 Å². The van der Waals surface area contributed by atoms with Gasteiger partial charge < -0.3 is 9.64 Å². The van der Waals surface area contributed by atoms with Gasteiger partial charge in [-0.05, 0) is 52.0 Å². The van der Waals surface area contributed by atoms with Crippen molar-refractivity contribution >= 4 is 15.7 Å². The van der Waals surface area contributed by atoms with Crippen LogP contribution in [-0.4, -0.2) is 80.1 Å². The van der Waals surface area contributed by atoms with E-state index < -0.39 is 9.84 Å². The van der Waals surface area contributed by atoms with Crippen LogP contribution in [0.5, 0.6) is 0 Å². The van der Waals surface area contributed by atoms with E-state index in [0.29, 0.717) is 31.7 Å². The average Bonchev–Trinajstić information content (AvgIpc) is 3.08. The zero-order valence-electron chi connectivity index (χ0n) is 19.3. The summed E-state index contributed by atoms with van der Waals surface area (Å²) in [6, 6.07) is 0.265. The average molecular weight is 443 g/mol. The molecule has 0 N–H and O–H groups in total. The van der Waals surface area contributed by atoms with Crippen LogP contribution in [0.25, 0.3) is 0 Å². The molecule has 2 aliphatic carbocycles. The molecule has 3 atom stereocenters. The summed E-state index contributed by atoms with van der Waals surface area (Å²) in [4.78, 5) is 17.7. The molecule has 0 aromatic rings. The molecule has 6 nitrogen and oxygen atoms in total. The smallest absolute Gasteiger partial charge is 0.237 e. The van der Waals surface area contributed by atoms with Crippen LogP contribution in [0.3, 0.4) is 0 Å². The summed E-state index contributed by atoms with van der Waals surface area (Å²) >= 11 is 0. The maximum absolute atomic E-state index is 13.4. The van der Waals surface area contributed by atoms with Gasteiger partial charge in [-0.3, -0.25) is 9.69 Å². The van der Waals surface area contributed by atoms with Gasteiger partial charge in [0.05, 0.1) is 24.2 Å². The summed E-state index contributed by atoms with van der Waals surface area (Å²) in [5.41, 5.74) is 0.204. The zero-order valence-corrected chi connectivity index (χ0v) is 20.1. The lowest BCUT2D eigenvalue weighted by Gasteiger charge is -2.61. The molecule has 0 radical (unpaired) electrons. The molecule has 30 heavy (non-hydrogen) atoms. The molecule has 3 fully saturated rings. The Bertz CT molecular complexity index is 675. The van der Waals surface area contributed by atoms with Crippen molar-refractivity contribution in [3.05, 3.63) is 0 Å². The summed E-state index contributed by atoms with van der Waals surface area (Å²) in [7, 11) is -3.00. The minimum absolute atomic E-state index is 0.109. The van der Waals surface area contributed by atoms with Crippen molar-refractivity contribution in [2.75, 3.05) is 37.7 Å². The molecule has 1 heterocycles. The second-order valence-electron chi connectivity index (χ2n) is 9.60. The number of ether oxygens (including phenoxy) is 1. The first-order valence-corrected chi connectivity index (χ1v) is 14.0. The van der Waals surface area contributed by atoms with Crippen molar-refractivity contribution < 1.29 is 17.9 Å². The van der Waals surface area contributed by atoms with Crippen molar-refractivity contribution in [1.29, 1.82) is 0 Å². The van der Waals surface area contributed by atoms with Gasteiger partial charge in [-0.25, -0.2) is 8.42 Å². The summed E-state index contributed by atoms with van der Waals surface area (Å²) in [6.07, 6.45) is 10.0. The molecule has 1 saturated heterocycles. The Balaban J connectivity index is 1.73. The van der Waals surface area contributed by atoms with Crippen LogP contribution in [-0.2, 0) is 19.4 Å². The number of sulfone groups is 1. The summed E-state index contributed by atoms with van der Waals surface area (Å²) in [6.45, 7) is 9.05. The highest BCUT2D eigenvalue weighted by Gasteiger charge is 2.57. The predicted molar refractivity (Wildman–Crippen MR) is 120 cm³/mol. The maximum atomic E-state index is 13.4. The normalized spacial score (nSPS) is 29.8.